The largest absolute Gasteiger partial charge is 0.504 e. The fraction of sp³-hybridized carbons (Fsp3) is 0. The number of hydrogen-bond donors (Lipinski definition) is 4. The van der Waals surface area contributed by atoms with Crippen molar-refractivity contribution in [2.24, 2.45) is 0 Å². The Kier molecular flexibility index (Phi) is 3.24. The van der Waals surface area contributed by atoms with E-state index in [1.807, 2.05) is 0 Å². The first-order chi connectivity index (χ1) is 5.41. The van der Waals surface area contributed by atoms with Crippen LogP contribution in [0.3, 0.4) is 0 Å². The Hall–Kier alpha value is -1.31. The third-order valence-electron chi connectivity index (χ3n) is 1.24. The van der Waals surface area contributed by atoms with Crippen LogP contribution in [0.4, 0.5) is 0 Å². The Morgan fingerprint density at radius 2 is 1.62 bits per heavy atom. The molecule has 0 saturated carbocycles. The summed E-state index contributed by atoms with van der Waals surface area (Å²) in [4.78, 5) is -0.460. The summed E-state index contributed by atoms with van der Waals surface area (Å²) in [6, 6.07) is 2.70. The molecule has 0 spiro atoms. The summed E-state index contributed by atoms with van der Waals surface area (Å²) >= 11 is 0. The average molecular weight is 207 g/mol. The van der Waals surface area contributed by atoms with Gasteiger partial charge in [0.2, 0.25) is 0 Å². The van der Waals surface area contributed by atoms with E-state index in [1.165, 1.54) is 0 Å². The zero-order valence-corrected chi connectivity index (χ0v) is 7.32. The van der Waals surface area contributed by atoms with Crippen molar-refractivity contribution in [3.8, 4) is 11.5 Å². The highest BCUT2D eigenvalue weighted by molar-refractivity contribution is 7.85. The van der Waals surface area contributed by atoms with Crippen molar-refractivity contribution in [3.05, 3.63) is 18.2 Å². The average Bonchev–Trinajstić information content (AvgIpc) is 1.92. The van der Waals surface area contributed by atoms with E-state index in [9.17, 15) is 8.42 Å². The second kappa shape index (κ2) is 3.60. The van der Waals surface area contributed by atoms with Crippen LogP contribution in [-0.2, 0) is 10.1 Å². The summed E-state index contributed by atoms with van der Waals surface area (Å²) in [6.45, 7) is 0. The monoisotopic (exact) mass is 207 g/mol. The van der Waals surface area contributed by atoms with Gasteiger partial charge in [0.15, 0.2) is 11.5 Å². The lowest BCUT2D eigenvalue weighted by atomic mass is 10.3. The lowest BCUT2D eigenvalue weighted by molar-refractivity contribution is 0.401. The van der Waals surface area contributed by atoms with Gasteiger partial charge < -0.3 is 16.4 Å². The summed E-state index contributed by atoms with van der Waals surface area (Å²) in [5.41, 5.74) is 0. The second-order valence-electron chi connectivity index (χ2n) is 2.13. The minimum absolute atomic E-state index is 0. The van der Waals surface area contributed by atoms with Gasteiger partial charge >= 0.3 is 0 Å². The van der Waals surface area contributed by atoms with Crippen molar-refractivity contribution in [1.82, 2.24) is 6.15 Å². The molecule has 0 aliphatic heterocycles. The molecule has 0 radical (unpaired) electrons. The molecule has 0 saturated heterocycles. The van der Waals surface area contributed by atoms with Crippen LogP contribution in [0.2, 0.25) is 0 Å². The van der Waals surface area contributed by atoms with Gasteiger partial charge in [0.05, 0.1) is 4.90 Å². The standard InChI is InChI=1S/C6H6O5S.H3N/c7-5-2-1-4(3-6(5)8)12(9,10)11;/h1-3,7-8H,(H,9,10,11);1H3. The third-order valence-corrected chi connectivity index (χ3v) is 2.09. The Bertz CT molecular complexity index is 399. The van der Waals surface area contributed by atoms with Crippen LogP contribution in [0.15, 0.2) is 23.1 Å². The van der Waals surface area contributed by atoms with Crippen LogP contribution >= 0.6 is 0 Å². The first kappa shape index (κ1) is 11.7. The van der Waals surface area contributed by atoms with Gasteiger partial charge in [-0.25, -0.2) is 0 Å². The zero-order valence-electron chi connectivity index (χ0n) is 6.51. The second-order valence-corrected chi connectivity index (χ2v) is 3.55. The molecular formula is C6H9NO5S. The predicted molar refractivity (Wildman–Crippen MR) is 44.6 cm³/mol. The van der Waals surface area contributed by atoms with Crippen molar-refractivity contribution in [2.75, 3.05) is 0 Å². The maximum atomic E-state index is 10.5. The smallest absolute Gasteiger partial charge is 0.294 e. The maximum Gasteiger partial charge on any atom is 0.294 e. The summed E-state index contributed by atoms with van der Waals surface area (Å²) in [7, 11) is -4.31. The van der Waals surface area contributed by atoms with Gasteiger partial charge in [-0.3, -0.25) is 4.55 Å². The summed E-state index contributed by atoms with van der Waals surface area (Å²) in [5.74, 6) is -1.03. The van der Waals surface area contributed by atoms with Crippen molar-refractivity contribution in [3.63, 3.8) is 0 Å². The van der Waals surface area contributed by atoms with Crippen LogP contribution in [0.1, 0.15) is 0 Å². The molecule has 0 aliphatic rings. The highest BCUT2D eigenvalue weighted by atomic mass is 32.2. The first-order valence-corrected chi connectivity index (χ1v) is 4.35. The molecule has 6 N–H and O–H groups in total. The molecule has 7 heteroatoms. The Balaban J connectivity index is 0.00000144. The van der Waals surface area contributed by atoms with Gasteiger partial charge in [-0.05, 0) is 12.1 Å². The number of rotatable bonds is 1. The van der Waals surface area contributed by atoms with E-state index in [1.54, 1.807) is 0 Å². The predicted octanol–water partition coefficient (Wildman–Crippen LogP) is 0.507. The summed E-state index contributed by atoms with van der Waals surface area (Å²) in [5, 5.41) is 17.6. The fourth-order valence-electron chi connectivity index (χ4n) is 0.664. The molecule has 0 bridgehead atoms. The molecule has 1 aromatic rings. The molecule has 1 rings (SSSR count). The molecule has 0 atom stereocenters. The van der Waals surface area contributed by atoms with Gasteiger partial charge in [-0.15, -0.1) is 0 Å². The molecule has 0 heterocycles. The molecule has 6 nitrogen and oxygen atoms in total. The highest BCUT2D eigenvalue weighted by Gasteiger charge is 2.11. The molecule has 0 amide bonds. The number of benzene rings is 1. The molecule has 13 heavy (non-hydrogen) atoms. The fourth-order valence-corrected chi connectivity index (χ4v) is 1.16. The minimum Gasteiger partial charge on any atom is -0.504 e. The lowest BCUT2D eigenvalue weighted by Crippen LogP contribution is -1.96. The highest BCUT2D eigenvalue weighted by Crippen LogP contribution is 2.26. The van der Waals surface area contributed by atoms with Gasteiger partial charge in [-0.1, -0.05) is 0 Å². The van der Waals surface area contributed by atoms with E-state index in [-0.39, 0.29) is 6.15 Å². The number of hydrogen-bond acceptors (Lipinski definition) is 5. The third kappa shape index (κ3) is 2.58. The summed E-state index contributed by atoms with van der Waals surface area (Å²) in [6.07, 6.45) is 0. The van der Waals surface area contributed by atoms with Crippen molar-refractivity contribution >= 4 is 10.1 Å². The van der Waals surface area contributed by atoms with Crippen molar-refractivity contribution in [2.45, 2.75) is 4.90 Å². The van der Waals surface area contributed by atoms with Crippen LogP contribution in [0, 0.1) is 0 Å². The Morgan fingerprint density at radius 3 is 2.00 bits per heavy atom. The Morgan fingerprint density at radius 1 is 1.08 bits per heavy atom. The molecule has 0 aromatic heterocycles. The molecule has 0 fully saturated rings. The molecule has 1 aromatic carbocycles. The van der Waals surface area contributed by atoms with Crippen LogP contribution in [0.25, 0.3) is 0 Å². The van der Waals surface area contributed by atoms with E-state index < -0.39 is 26.5 Å². The lowest BCUT2D eigenvalue weighted by Gasteiger charge is -1.99. The SMILES string of the molecule is N.O=S(=O)(O)c1ccc(O)c(O)c1. The quantitative estimate of drug-likeness (QED) is 0.392. The van der Waals surface area contributed by atoms with Crippen LogP contribution in [-0.4, -0.2) is 23.2 Å². The Labute approximate surface area is 74.8 Å². The minimum atomic E-state index is -4.31. The van der Waals surface area contributed by atoms with Gasteiger partial charge in [0, 0.05) is 6.07 Å². The van der Waals surface area contributed by atoms with E-state index in [4.69, 9.17) is 14.8 Å². The summed E-state index contributed by atoms with van der Waals surface area (Å²) < 4.78 is 29.4. The van der Waals surface area contributed by atoms with Gasteiger partial charge in [-0.2, -0.15) is 8.42 Å². The first-order valence-electron chi connectivity index (χ1n) is 2.91. The van der Waals surface area contributed by atoms with Crippen molar-refractivity contribution < 1.29 is 23.2 Å². The van der Waals surface area contributed by atoms with E-state index in [2.05, 4.69) is 0 Å². The molecule has 74 valence electrons. The van der Waals surface area contributed by atoms with E-state index in [0.717, 1.165) is 18.2 Å². The number of aromatic hydroxyl groups is 2. The normalized spacial score (nSPS) is 10.5. The van der Waals surface area contributed by atoms with E-state index in [0.29, 0.717) is 0 Å². The zero-order chi connectivity index (χ0) is 9.35. The van der Waals surface area contributed by atoms with Gasteiger partial charge in [0.1, 0.15) is 0 Å². The van der Waals surface area contributed by atoms with Crippen LogP contribution in [0.5, 0.6) is 11.5 Å². The van der Waals surface area contributed by atoms with E-state index >= 15 is 0 Å². The van der Waals surface area contributed by atoms with Crippen molar-refractivity contribution in [1.29, 1.82) is 0 Å². The maximum absolute atomic E-state index is 10.5. The molecular weight excluding hydrogens is 198 g/mol. The number of phenolic OH excluding ortho intramolecular Hbond substituents is 2. The molecule has 0 unspecified atom stereocenters. The molecule has 0 aliphatic carbocycles. The number of phenols is 2. The topological polar surface area (TPSA) is 130 Å². The van der Waals surface area contributed by atoms with Crippen LogP contribution < -0.4 is 6.15 Å². The van der Waals surface area contributed by atoms with Gasteiger partial charge in [0.25, 0.3) is 10.1 Å².